The molecule has 0 amide bonds. The van der Waals surface area contributed by atoms with Crippen molar-refractivity contribution in [3.8, 4) is 0 Å². The molecule has 3 aromatic heterocycles. The lowest BCUT2D eigenvalue weighted by Crippen LogP contribution is -1.88. The van der Waals surface area contributed by atoms with Crippen LogP contribution in [0.5, 0.6) is 0 Å². The summed E-state index contributed by atoms with van der Waals surface area (Å²) in [6.45, 7) is 0. The molecule has 4 nitrogen and oxygen atoms in total. The Hall–Kier alpha value is -1.59. The van der Waals surface area contributed by atoms with Crippen LogP contribution in [0.2, 0.25) is 5.02 Å². The molecule has 0 saturated heterocycles. The van der Waals surface area contributed by atoms with Crippen LogP contribution >= 0.6 is 23.4 Å². The largest absolute Gasteiger partial charge is 0.331 e. The van der Waals surface area contributed by atoms with Crippen molar-refractivity contribution in [1.29, 1.82) is 0 Å². The summed E-state index contributed by atoms with van der Waals surface area (Å²) >= 11 is 7.61. The first kappa shape index (κ1) is 13.4. The van der Waals surface area contributed by atoms with Gasteiger partial charge in [0.25, 0.3) is 0 Å². The van der Waals surface area contributed by atoms with Crippen LogP contribution in [0.25, 0.3) is 11.2 Å². The first-order valence-electron chi connectivity index (χ1n) is 6.34. The highest BCUT2D eigenvalue weighted by Crippen LogP contribution is 2.21. The van der Waals surface area contributed by atoms with Crippen molar-refractivity contribution >= 4 is 34.5 Å². The van der Waals surface area contributed by atoms with Crippen molar-refractivity contribution in [2.24, 2.45) is 0 Å². The number of hydrogen-bond donors (Lipinski definition) is 1. The highest BCUT2D eigenvalue weighted by atomic mass is 35.5. The number of pyridine rings is 2. The molecular formula is C14H13ClN4S. The van der Waals surface area contributed by atoms with E-state index in [1.165, 1.54) is 5.56 Å². The molecule has 0 fully saturated rings. The number of aromatic nitrogens is 4. The van der Waals surface area contributed by atoms with Gasteiger partial charge in [-0.3, -0.25) is 4.98 Å². The monoisotopic (exact) mass is 304 g/mol. The van der Waals surface area contributed by atoms with Gasteiger partial charge in [-0.05, 0) is 36.6 Å². The standard InChI is InChI=1S/C14H13ClN4S/c15-11-8-12-13(17-9-11)19-14(18-12)20-7-1-2-10-3-5-16-6-4-10/h3-6,8-9H,1-2,7H2,(H,17,18,19). The number of nitrogens with one attached hydrogen (secondary N) is 1. The number of nitrogens with zero attached hydrogens (tertiary/aromatic N) is 3. The normalized spacial score (nSPS) is 11.1. The molecule has 3 aromatic rings. The van der Waals surface area contributed by atoms with Gasteiger partial charge in [-0.25, -0.2) is 9.97 Å². The average Bonchev–Trinajstić information content (AvgIpc) is 2.86. The molecule has 0 bridgehead atoms. The molecule has 0 aliphatic rings. The fourth-order valence-electron chi connectivity index (χ4n) is 1.92. The molecule has 3 rings (SSSR count). The summed E-state index contributed by atoms with van der Waals surface area (Å²) in [5.74, 6) is 1.01. The Kier molecular flexibility index (Phi) is 4.18. The number of halogens is 1. The first-order chi connectivity index (χ1) is 9.81. The minimum absolute atomic E-state index is 0.621. The highest BCUT2D eigenvalue weighted by molar-refractivity contribution is 7.99. The molecule has 20 heavy (non-hydrogen) atoms. The number of hydrogen-bond acceptors (Lipinski definition) is 4. The fourth-order valence-corrected chi connectivity index (χ4v) is 2.89. The second kappa shape index (κ2) is 6.24. The maximum atomic E-state index is 5.90. The van der Waals surface area contributed by atoms with E-state index in [2.05, 4.69) is 32.1 Å². The van der Waals surface area contributed by atoms with E-state index in [9.17, 15) is 0 Å². The summed E-state index contributed by atoms with van der Waals surface area (Å²) in [6.07, 6.45) is 7.43. The Balaban J connectivity index is 1.55. The molecule has 102 valence electrons. The van der Waals surface area contributed by atoms with Gasteiger partial charge in [-0.15, -0.1) is 0 Å². The Bertz CT molecular complexity index is 699. The summed E-state index contributed by atoms with van der Waals surface area (Å²) in [5, 5.41) is 1.51. The molecule has 0 unspecified atom stereocenters. The number of aromatic amines is 1. The second-order valence-electron chi connectivity index (χ2n) is 4.37. The van der Waals surface area contributed by atoms with Crippen molar-refractivity contribution in [2.45, 2.75) is 18.0 Å². The highest BCUT2D eigenvalue weighted by Gasteiger charge is 2.04. The van der Waals surface area contributed by atoms with Crippen LogP contribution in [-0.4, -0.2) is 25.7 Å². The molecule has 0 aliphatic heterocycles. The Morgan fingerprint density at radius 3 is 2.95 bits per heavy atom. The lowest BCUT2D eigenvalue weighted by atomic mass is 10.2. The molecule has 6 heteroatoms. The molecule has 0 atom stereocenters. The molecule has 0 aromatic carbocycles. The minimum Gasteiger partial charge on any atom is -0.331 e. The summed E-state index contributed by atoms with van der Waals surface area (Å²) < 4.78 is 0. The van der Waals surface area contributed by atoms with E-state index in [1.54, 1.807) is 18.0 Å². The number of thioether (sulfide) groups is 1. The van der Waals surface area contributed by atoms with E-state index in [1.807, 2.05) is 18.5 Å². The van der Waals surface area contributed by atoms with Gasteiger partial charge in [0.1, 0.15) is 0 Å². The molecule has 0 saturated carbocycles. The molecule has 3 heterocycles. The Labute approximate surface area is 126 Å². The third-order valence-electron chi connectivity index (χ3n) is 2.88. The van der Waals surface area contributed by atoms with Crippen molar-refractivity contribution in [3.63, 3.8) is 0 Å². The first-order valence-corrected chi connectivity index (χ1v) is 7.70. The third kappa shape index (κ3) is 3.29. The lowest BCUT2D eigenvalue weighted by molar-refractivity contribution is 0.924. The van der Waals surface area contributed by atoms with Gasteiger partial charge in [0.2, 0.25) is 0 Å². The van der Waals surface area contributed by atoms with E-state index in [0.717, 1.165) is 29.3 Å². The summed E-state index contributed by atoms with van der Waals surface area (Å²) in [7, 11) is 0. The Morgan fingerprint density at radius 1 is 1.25 bits per heavy atom. The number of imidazole rings is 1. The average molecular weight is 305 g/mol. The molecule has 1 N–H and O–H groups in total. The van der Waals surface area contributed by atoms with Crippen LogP contribution in [0.3, 0.4) is 0 Å². The van der Waals surface area contributed by atoms with E-state index in [0.29, 0.717) is 10.7 Å². The minimum atomic E-state index is 0.621. The van der Waals surface area contributed by atoms with E-state index >= 15 is 0 Å². The molecule has 0 spiro atoms. The van der Waals surface area contributed by atoms with Gasteiger partial charge in [-0.2, -0.15) is 0 Å². The summed E-state index contributed by atoms with van der Waals surface area (Å²) in [5.41, 5.74) is 2.92. The Morgan fingerprint density at radius 2 is 2.10 bits per heavy atom. The van der Waals surface area contributed by atoms with Gasteiger partial charge in [0, 0.05) is 24.3 Å². The van der Waals surface area contributed by atoms with Crippen LogP contribution in [0.4, 0.5) is 0 Å². The van der Waals surface area contributed by atoms with E-state index in [4.69, 9.17) is 11.6 Å². The van der Waals surface area contributed by atoms with Crippen molar-refractivity contribution in [2.75, 3.05) is 5.75 Å². The fraction of sp³-hybridized carbons (Fsp3) is 0.214. The van der Waals surface area contributed by atoms with Crippen LogP contribution in [0.15, 0.2) is 41.9 Å². The van der Waals surface area contributed by atoms with Crippen molar-refractivity contribution in [3.05, 3.63) is 47.4 Å². The van der Waals surface area contributed by atoms with E-state index in [-0.39, 0.29) is 0 Å². The van der Waals surface area contributed by atoms with Gasteiger partial charge in [-0.1, -0.05) is 23.4 Å². The zero-order chi connectivity index (χ0) is 13.8. The third-order valence-corrected chi connectivity index (χ3v) is 4.05. The number of aryl methyl sites for hydroxylation is 1. The summed E-state index contributed by atoms with van der Waals surface area (Å²) in [6, 6.07) is 5.95. The van der Waals surface area contributed by atoms with Gasteiger partial charge in [0.05, 0.1) is 10.5 Å². The van der Waals surface area contributed by atoms with Crippen molar-refractivity contribution in [1.82, 2.24) is 19.9 Å². The topological polar surface area (TPSA) is 54.5 Å². The van der Waals surface area contributed by atoms with Gasteiger partial charge in [0.15, 0.2) is 10.8 Å². The summed E-state index contributed by atoms with van der Waals surface area (Å²) in [4.78, 5) is 15.9. The van der Waals surface area contributed by atoms with Gasteiger partial charge >= 0.3 is 0 Å². The molecule has 0 aliphatic carbocycles. The van der Waals surface area contributed by atoms with Crippen LogP contribution in [0.1, 0.15) is 12.0 Å². The second-order valence-corrected chi connectivity index (χ2v) is 5.89. The smallest absolute Gasteiger partial charge is 0.178 e. The predicted molar refractivity (Wildman–Crippen MR) is 82.2 cm³/mol. The zero-order valence-electron chi connectivity index (χ0n) is 10.7. The number of rotatable bonds is 5. The number of H-pyrrole nitrogens is 1. The lowest BCUT2D eigenvalue weighted by Gasteiger charge is -1.99. The van der Waals surface area contributed by atoms with Gasteiger partial charge < -0.3 is 4.98 Å². The predicted octanol–water partition coefficient (Wildman–Crippen LogP) is 3.73. The van der Waals surface area contributed by atoms with Crippen molar-refractivity contribution < 1.29 is 0 Å². The quantitative estimate of drug-likeness (QED) is 0.576. The van der Waals surface area contributed by atoms with Crippen LogP contribution in [-0.2, 0) is 6.42 Å². The maximum absolute atomic E-state index is 5.90. The zero-order valence-corrected chi connectivity index (χ0v) is 12.3. The van der Waals surface area contributed by atoms with E-state index < -0.39 is 0 Å². The SMILES string of the molecule is Clc1cnc2nc(SCCCc3ccncc3)[nH]c2c1. The maximum Gasteiger partial charge on any atom is 0.178 e. The molecular weight excluding hydrogens is 292 g/mol. The van der Waals surface area contributed by atoms with Crippen LogP contribution in [0, 0.1) is 0 Å². The molecule has 0 radical (unpaired) electrons. The number of fused-ring (bicyclic) bond motifs is 1. The van der Waals surface area contributed by atoms with Crippen LogP contribution < -0.4 is 0 Å².